The molecule has 0 saturated heterocycles. The van der Waals surface area contributed by atoms with Gasteiger partial charge in [-0.25, -0.2) is 13.4 Å². The molecule has 0 aliphatic heterocycles. The van der Waals surface area contributed by atoms with E-state index in [1.807, 2.05) is 0 Å². The van der Waals surface area contributed by atoms with Crippen molar-refractivity contribution in [3.63, 3.8) is 0 Å². The maximum absolute atomic E-state index is 13.3. The van der Waals surface area contributed by atoms with Crippen LogP contribution in [0.2, 0.25) is 0 Å². The van der Waals surface area contributed by atoms with Gasteiger partial charge in [0.1, 0.15) is 11.3 Å². The number of aromatic nitrogens is 1. The van der Waals surface area contributed by atoms with E-state index in [0.717, 1.165) is 4.31 Å². The van der Waals surface area contributed by atoms with E-state index >= 15 is 0 Å². The fourth-order valence-corrected chi connectivity index (χ4v) is 4.69. The highest BCUT2D eigenvalue weighted by atomic mass is 32.2. The van der Waals surface area contributed by atoms with Crippen LogP contribution in [-0.4, -0.2) is 42.7 Å². The Morgan fingerprint density at radius 2 is 1.96 bits per heavy atom. The van der Waals surface area contributed by atoms with E-state index in [1.54, 1.807) is 19.9 Å². The number of rotatable bonds is 6. The van der Waals surface area contributed by atoms with Gasteiger partial charge in [-0.1, -0.05) is 0 Å². The molecule has 2 aromatic rings. The first-order valence-electron chi connectivity index (χ1n) is 9.30. The zero-order chi connectivity index (χ0) is 20.5. The Morgan fingerprint density at radius 3 is 2.57 bits per heavy atom. The summed E-state index contributed by atoms with van der Waals surface area (Å²) in [6.45, 7) is 3.35. The first-order chi connectivity index (χ1) is 13.2. The zero-order valence-electron chi connectivity index (χ0n) is 16.1. The summed E-state index contributed by atoms with van der Waals surface area (Å²) in [5.74, 6) is -1.11. The third-order valence-corrected chi connectivity index (χ3v) is 6.59. The van der Waals surface area contributed by atoms with Crippen LogP contribution in [-0.2, 0) is 15.0 Å². The first-order valence-corrected chi connectivity index (χ1v) is 10.7. The van der Waals surface area contributed by atoms with Gasteiger partial charge in [-0.15, -0.1) is 0 Å². The number of anilines is 1. The van der Waals surface area contributed by atoms with Crippen molar-refractivity contribution in [3.05, 3.63) is 24.0 Å². The number of hydrogen-bond donors (Lipinski definition) is 2. The van der Waals surface area contributed by atoms with Crippen molar-refractivity contribution in [2.75, 3.05) is 12.4 Å². The predicted molar refractivity (Wildman–Crippen MR) is 103 cm³/mol. The van der Waals surface area contributed by atoms with Crippen LogP contribution in [0.5, 0.6) is 0 Å². The largest absolute Gasteiger partial charge is 0.423 e. The van der Waals surface area contributed by atoms with Crippen LogP contribution in [0, 0.1) is 11.7 Å². The Balaban J connectivity index is 1.62. The molecule has 154 valence electrons. The maximum atomic E-state index is 13.3. The van der Waals surface area contributed by atoms with Gasteiger partial charge in [0.15, 0.2) is 5.58 Å². The number of nitrogens with one attached hydrogen (secondary N) is 2. The molecule has 1 aliphatic rings. The second-order valence-corrected chi connectivity index (χ2v) is 9.01. The Morgan fingerprint density at radius 1 is 1.29 bits per heavy atom. The molecule has 1 aromatic carbocycles. The molecule has 2 N–H and O–H groups in total. The molecule has 28 heavy (non-hydrogen) atoms. The van der Waals surface area contributed by atoms with E-state index in [4.69, 9.17) is 4.42 Å². The third kappa shape index (κ3) is 4.27. The summed E-state index contributed by atoms with van der Waals surface area (Å²) in [5.41, 5.74) is 0.939. The Bertz CT molecular complexity index is 952. The summed E-state index contributed by atoms with van der Waals surface area (Å²) < 4.78 is 46.3. The molecule has 1 aliphatic carbocycles. The topological polar surface area (TPSA) is 105 Å². The van der Waals surface area contributed by atoms with Gasteiger partial charge in [0.25, 0.3) is 6.01 Å². The number of nitrogens with zero attached hydrogens (tertiary/aromatic N) is 2. The molecule has 1 amide bonds. The number of oxazole rings is 1. The number of benzene rings is 1. The second kappa shape index (κ2) is 8.04. The summed E-state index contributed by atoms with van der Waals surface area (Å²) in [5, 5.41) is 3.19. The minimum Gasteiger partial charge on any atom is -0.423 e. The summed E-state index contributed by atoms with van der Waals surface area (Å²) >= 11 is 0. The van der Waals surface area contributed by atoms with Gasteiger partial charge < -0.3 is 9.73 Å². The van der Waals surface area contributed by atoms with Crippen LogP contribution in [0.4, 0.5) is 10.4 Å². The van der Waals surface area contributed by atoms with E-state index in [0.29, 0.717) is 42.8 Å². The maximum Gasteiger partial charge on any atom is 0.303 e. The SMILES string of the molecule is CNS(=O)(=O)N(C(=O)C1CCC(Nc2nc3ccc(F)cc3o2)CC1)C(C)C. The number of amides is 1. The molecule has 0 atom stereocenters. The van der Waals surface area contributed by atoms with Gasteiger partial charge in [-0.05, 0) is 51.7 Å². The number of halogens is 1. The number of carbonyl (C=O) groups is 1. The fourth-order valence-electron chi connectivity index (χ4n) is 3.55. The molecule has 1 aromatic heterocycles. The van der Waals surface area contributed by atoms with Gasteiger partial charge in [-0.2, -0.15) is 13.4 Å². The van der Waals surface area contributed by atoms with Crippen LogP contribution in [0.3, 0.4) is 0 Å². The van der Waals surface area contributed by atoms with Crippen LogP contribution >= 0.6 is 0 Å². The molecule has 1 heterocycles. The number of hydrogen-bond acceptors (Lipinski definition) is 6. The van der Waals surface area contributed by atoms with Gasteiger partial charge in [0.05, 0.1) is 0 Å². The molecule has 0 radical (unpaired) electrons. The Kier molecular flexibility index (Phi) is 5.90. The first kappa shape index (κ1) is 20.5. The normalized spacial score (nSPS) is 20.5. The van der Waals surface area contributed by atoms with Crippen molar-refractivity contribution in [3.8, 4) is 0 Å². The average molecular weight is 412 g/mol. The molecule has 0 bridgehead atoms. The lowest BCUT2D eigenvalue weighted by atomic mass is 9.85. The van der Waals surface area contributed by atoms with Crippen LogP contribution in [0.25, 0.3) is 11.1 Å². The highest BCUT2D eigenvalue weighted by Gasteiger charge is 2.36. The lowest BCUT2D eigenvalue weighted by Crippen LogP contribution is -2.50. The highest BCUT2D eigenvalue weighted by Crippen LogP contribution is 2.30. The lowest BCUT2D eigenvalue weighted by Gasteiger charge is -2.33. The molecular formula is C18H25FN4O4S. The predicted octanol–water partition coefficient (Wildman–Crippen LogP) is 2.64. The Labute approximate surface area is 163 Å². The fraction of sp³-hybridized carbons (Fsp3) is 0.556. The van der Waals surface area contributed by atoms with Crippen molar-refractivity contribution in [1.82, 2.24) is 14.0 Å². The van der Waals surface area contributed by atoms with E-state index in [2.05, 4.69) is 15.0 Å². The molecular weight excluding hydrogens is 387 g/mol. The van der Waals surface area contributed by atoms with Crippen molar-refractivity contribution >= 4 is 33.2 Å². The Hall–Kier alpha value is -2.20. The molecule has 1 saturated carbocycles. The second-order valence-electron chi connectivity index (χ2n) is 7.26. The van der Waals surface area contributed by atoms with Gasteiger partial charge >= 0.3 is 10.2 Å². The number of carbonyl (C=O) groups excluding carboxylic acids is 1. The van der Waals surface area contributed by atoms with Gasteiger partial charge in [-0.3, -0.25) is 4.79 Å². The summed E-state index contributed by atoms with van der Waals surface area (Å²) in [4.78, 5) is 17.1. The molecule has 8 nitrogen and oxygen atoms in total. The molecule has 10 heteroatoms. The average Bonchev–Trinajstić information content (AvgIpc) is 3.03. The van der Waals surface area contributed by atoms with Crippen molar-refractivity contribution in [1.29, 1.82) is 0 Å². The molecule has 0 unspecified atom stereocenters. The van der Waals surface area contributed by atoms with E-state index in [1.165, 1.54) is 19.2 Å². The monoisotopic (exact) mass is 412 g/mol. The van der Waals surface area contributed by atoms with Gasteiger partial charge in [0.2, 0.25) is 5.91 Å². The van der Waals surface area contributed by atoms with Crippen molar-refractivity contribution in [2.24, 2.45) is 5.92 Å². The minimum atomic E-state index is -3.83. The van der Waals surface area contributed by atoms with Crippen LogP contribution in [0.1, 0.15) is 39.5 Å². The third-order valence-electron chi connectivity index (χ3n) is 4.96. The van der Waals surface area contributed by atoms with Gasteiger partial charge in [0, 0.05) is 31.1 Å². The van der Waals surface area contributed by atoms with Crippen molar-refractivity contribution < 1.29 is 22.0 Å². The molecule has 3 rings (SSSR count). The van der Waals surface area contributed by atoms with Crippen molar-refractivity contribution in [2.45, 2.75) is 51.6 Å². The zero-order valence-corrected chi connectivity index (χ0v) is 16.9. The molecule has 0 spiro atoms. The van der Waals surface area contributed by atoms with E-state index in [9.17, 15) is 17.6 Å². The summed E-state index contributed by atoms with van der Waals surface area (Å²) in [7, 11) is -2.53. The highest BCUT2D eigenvalue weighted by molar-refractivity contribution is 7.87. The summed E-state index contributed by atoms with van der Waals surface area (Å²) in [6.07, 6.45) is 2.48. The minimum absolute atomic E-state index is 0.0513. The van der Waals surface area contributed by atoms with Crippen LogP contribution in [0.15, 0.2) is 22.6 Å². The number of fused-ring (bicyclic) bond motifs is 1. The summed E-state index contributed by atoms with van der Waals surface area (Å²) in [6, 6.07) is 4.07. The van der Waals surface area contributed by atoms with Crippen LogP contribution < -0.4 is 10.0 Å². The quantitative estimate of drug-likeness (QED) is 0.756. The lowest BCUT2D eigenvalue weighted by molar-refractivity contribution is -0.132. The standard InChI is InChI=1S/C18H25FN4O4S/c1-11(2)23(28(25,26)20-3)17(24)12-4-7-14(8-5-12)21-18-22-15-9-6-13(19)10-16(15)27-18/h6,9-12,14,20H,4-5,7-8H2,1-3H3,(H,21,22). The smallest absolute Gasteiger partial charge is 0.303 e. The molecule has 1 fully saturated rings. The van der Waals surface area contributed by atoms with E-state index < -0.39 is 16.3 Å². The van der Waals surface area contributed by atoms with E-state index in [-0.39, 0.29) is 23.7 Å².